The molecule has 0 atom stereocenters. The monoisotopic (exact) mass is 576 g/mol. The molecule has 0 amide bonds. The summed E-state index contributed by atoms with van der Waals surface area (Å²) in [6.07, 6.45) is 8.81. The third kappa shape index (κ3) is 7.12. The van der Waals surface area contributed by atoms with Crippen LogP contribution >= 0.6 is 0 Å². The first-order chi connectivity index (χ1) is 19.6. The molecule has 2 aromatic carbocycles. The highest BCUT2D eigenvalue weighted by atomic mass is 19.4. The summed E-state index contributed by atoms with van der Waals surface area (Å²) < 4.78 is 77.3. The van der Waals surface area contributed by atoms with E-state index in [-0.39, 0.29) is 35.0 Å². The Morgan fingerprint density at radius 1 is 0.902 bits per heavy atom. The van der Waals surface area contributed by atoms with Gasteiger partial charge in [0.2, 0.25) is 0 Å². The molecule has 0 N–H and O–H groups in total. The molecule has 0 aliphatic heterocycles. The highest BCUT2D eigenvalue weighted by molar-refractivity contribution is 5.76. The van der Waals surface area contributed by atoms with E-state index >= 15 is 8.78 Å². The summed E-state index contributed by atoms with van der Waals surface area (Å²) in [7, 11) is 0. The first-order valence-corrected chi connectivity index (χ1v) is 14.9. The molecule has 5 rings (SSSR count). The number of hydrogen-bond acceptors (Lipinski definition) is 3. The second-order valence-electron chi connectivity index (χ2n) is 11.9. The highest BCUT2D eigenvalue weighted by Crippen LogP contribution is 2.43. The summed E-state index contributed by atoms with van der Waals surface area (Å²) in [4.78, 5) is 13.0. The molecular weight excluding hydrogens is 539 g/mol. The molecular formula is C33H37F5O3. The minimum Gasteiger partial charge on any atom is -0.431 e. The summed E-state index contributed by atoms with van der Waals surface area (Å²) in [5.74, 6) is 0.252. The molecule has 3 aliphatic carbocycles. The normalized spacial score (nSPS) is 24.8. The number of carbonyl (C=O) groups excluding carboxylic acids is 1. The molecule has 3 nitrogen and oxygen atoms in total. The average Bonchev–Trinajstić information content (AvgIpc) is 2.94. The molecule has 2 fully saturated rings. The molecule has 3 aliphatic rings. The van der Waals surface area contributed by atoms with Crippen LogP contribution < -0.4 is 4.74 Å². The molecule has 41 heavy (non-hydrogen) atoms. The lowest BCUT2D eigenvalue weighted by Crippen LogP contribution is -2.29. The van der Waals surface area contributed by atoms with Gasteiger partial charge in [-0.25, -0.2) is 8.78 Å². The zero-order valence-electron chi connectivity index (χ0n) is 23.4. The lowest BCUT2D eigenvalue weighted by Gasteiger charge is -2.37. The van der Waals surface area contributed by atoms with E-state index in [0.717, 1.165) is 49.7 Å². The van der Waals surface area contributed by atoms with Crippen molar-refractivity contribution >= 4 is 12.0 Å². The molecule has 0 aromatic heterocycles. The van der Waals surface area contributed by atoms with E-state index in [0.29, 0.717) is 23.7 Å². The Kier molecular flexibility index (Phi) is 9.05. The maximum Gasteiger partial charge on any atom is 0.573 e. The van der Waals surface area contributed by atoms with E-state index in [1.165, 1.54) is 62.8 Å². The molecule has 0 saturated heterocycles. The van der Waals surface area contributed by atoms with Crippen LogP contribution in [0.25, 0.3) is 17.2 Å². The van der Waals surface area contributed by atoms with Crippen molar-refractivity contribution in [2.45, 2.75) is 90.3 Å². The standard InChI is InChI=1S/C33H37F5O3/c1-2-3-20-4-6-21(7-5-20)22-8-10-24(11-9-22)32(39)40-27-16-17-28-25(18-27)19-29(34)30(31(28)35)23-12-14-26(15-13-23)41-33(36,37)38/h12-15,18-22,24H,2-11,16-17H2,1H3. The van der Waals surface area contributed by atoms with Crippen LogP contribution in [0.2, 0.25) is 0 Å². The van der Waals surface area contributed by atoms with Crippen LogP contribution in [0.15, 0.2) is 36.1 Å². The quantitative estimate of drug-likeness (QED) is 0.243. The predicted octanol–water partition coefficient (Wildman–Crippen LogP) is 9.77. The van der Waals surface area contributed by atoms with E-state index < -0.39 is 23.7 Å². The predicted molar refractivity (Wildman–Crippen MR) is 147 cm³/mol. The van der Waals surface area contributed by atoms with Gasteiger partial charge in [0.25, 0.3) is 0 Å². The van der Waals surface area contributed by atoms with E-state index in [1.807, 2.05) is 0 Å². The molecule has 2 aromatic rings. The number of esters is 1. The molecule has 2 saturated carbocycles. The Bertz CT molecular complexity index is 1250. The zero-order valence-corrected chi connectivity index (χ0v) is 23.4. The largest absolute Gasteiger partial charge is 0.573 e. The molecule has 0 radical (unpaired) electrons. The molecule has 0 unspecified atom stereocenters. The maximum absolute atomic E-state index is 15.4. The number of alkyl halides is 3. The first-order valence-electron chi connectivity index (χ1n) is 14.9. The Morgan fingerprint density at radius 3 is 2.15 bits per heavy atom. The number of halogens is 5. The van der Waals surface area contributed by atoms with Crippen molar-refractivity contribution in [1.29, 1.82) is 0 Å². The number of carbonyl (C=O) groups is 1. The fraction of sp³-hybridized carbons (Fsp3) is 0.545. The fourth-order valence-corrected chi connectivity index (χ4v) is 7.12. The van der Waals surface area contributed by atoms with Gasteiger partial charge < -0.3 is 9.47 Å². The Labute approximate surface area is 238 Å². The number of rotatable bonds is 7. The van der Waals surface area contributed by atoms with Crippen LogP contribution in [0.3, 0.4) is 0 Å². The summed E-state index contributed by atoms with van der Waals surface area (Å²) >= 11 is 0. The number of hydrogen-bond donors (Lipinski definition) is 0. The third-order valence-electron chi connectivity index (χ3n) is 9.26. The summed E-state index contributed by atoms with van der Waals surface area (Å²) in [6.45, 7) is 2.26. The Hall–Kier alpha value is -2.90. The van der Waals surface area contributed by atoms with Gasteiger partial charge in [-0.2, -0.15) is 0 Å². The van der Waals surface area contributed by atoms with Gasteiger partial charge in [-0.05, 0) is 104 Å². The van der Waals surface area contributed by atoms with Gasteiger partial charge in [-0.3, -0.25) is 4.79 Å². The summed E-state index contributed by atoms with van der Waals surface area (Å²) in [5, 5.41) is 0. The third-order valence-corrected chi connectivity index (χ3v) is 9.26. The smallest absolute Gasteiger partial charge is 0.431 e. The van der Waals surface area contributed by atoms with E-state index in [2.05, 4.69) is 11.7 Å². The van der Waals surface area contributed by atoms with Crippen molar-refractivity contribution in [3.05, 3.63) is 58.9 Å². The SMILES string of the molecule is CCCC1CCC(C2CCC(C(=O)OC3=Cc4cc(F)c(-c5ccc(OC(F)(F)F)cc5)c(F)c4CC3)CC2)CC1. The molecule has 222 valence electrons. The Balaban J connectivity index is 1.19. The minimum absolute atomic E-state index is 0.100. The van der Waals surface area contributed by atoms with Crippen LogP contribution in [0.1, 0.15) is 88.7 Å². The molecule has 0 bridgehead atoms. The lowest BCUT2D eigenvalue weighted by atomic mass is 9.69. The lowest BCUT2D eigenvalue weighted by molar-refractivity contribution is -0.274. The van der Waals surface area contributed by atoms with Crippen molar-refractivity contribution in [2.24, 2.45) is 23.7 Å². The number of benzene rings is 2. The van der Waals surface area contributed by atoms with Gasteiger partial charge in [0.05, 0.1) is 11.5 Å². The van der Waals surface area contributed by atoms with Gasteiger partial charge in [0, 0.05) is 6.42 Å². The van der Waals surface area contributed by atoms with Crippen molar-refractivity contribution in [2.75, 3.05) is 0 Å². The topological polar surface area (TPSA) is 35.5 Å². The van der Waals surface area contributed by atoms with Crippen LogP contribution in [0.5, 0.6) is 5.75 Å². The van der Waals surface area contributed by atoms with E-state index in [4.69, 9.17) is 4.74 Å². The number of allylic oxidation sites excluding steroid dienone is 1. The summed E-state index contributed by atoms with van der Waals surface area (Å²) in [5.41, 5.74) is 0.373. The van der Waals surface area contributed by atoms with Gasteiger partial charge in [-0.15, -0.1) is 13.2 Å². The van der Waals surface area contributed by atoms with Crippen molar-refractivity contribution < 1.29 is 36.2 Å². The highest BCUT2D eigenvalue weighted by Gasteiger charge is 2.34. The van der Waals surface area contributed by atoms with Crippen LogP contribution in [0, 0.1) is 35.3 Å². The fourth-order valence-electron chi connectivity index (χ4n) is 7.12. The first kappa shape index (κ1) is 29.6. The van der Waals surface area contributed by atoms with Crippen molar-refractivity contribution in [1.82, 2.24) is 0 Å². The Morgan fingerprint density at radius 2 is 1.54 bits per heavy atom. The van der Waals surface area contributed by atoms with E-state index in [9.17, 15) is 18.0 Å². The second kappa shape index (κ2) is 12.5. The number of ether oxygens (including phenoxy) is 2. The molecule has 0 spiro atoms. The van der Waals surface area contributed by atoms with Crippen LogP contribution in [-0.4, -0.2) is 12.3 Å². The van der Waals surface area contributed by atoms with Crippen molar-refractivity contribution in [3.63, 3.8) is 0 Å². The number of fused-ring (bicyclic) bond motifs is 1. The molecule has 0 heterocycles. The van der Waals surface area contributed by atoms with E-state index in [1.54, 1.807) is 0 Å². The van der Waals surface area contributed by atoms with Crippen molar-refractivity contribution in [3.8, 4) is 16.9 Å². The van der Waals surface area contributed by atoms with Crippen LogP contribution in [-0.2, 0) is 16.0 Å². The van der Waals surface area contributed by atoms with Gasteiger partial charge in [0.15, 0.2) is 0 Å². The second-order valence-corrected chi connectivity index (χ2v) is 11.9. The van der Waals surface area contributed by atoms with Crippen LogP contribution in [0.4, 0.5) is 22.0 Å². The minimum atomic E-state index is -4.86. The van der Waals surface area contributed by atoms with Gasteiger partial charge >= 0.3 is 12.3 Å². The van der Waals surface area contributed by atoms with Gasteiger partial charge in [-0.1, -0.05) is 44.7 Å². The maximum atomic E-state index is 15.4. The average molecular weight is 577 g/mol. The zero-order chi connectivity index (χ0) is 29.1. The molecule has 8 heteroatoms. The van der Waals surface area contributed by atoms with Gasteiger partial charge in [0.1, 0.15) is 23.1 Å². The summed E-state index contributed by atoms with van der Waals surface area (Å²) in [6, 6.07) is 5.59.